The van der Waals surface area contributed by atoms with Crippen molar-refractivity contribution in [3.05, 3.63) is 60.2 Å². The van der Waals surface area contributed by atoms with Crippen LogP contribution in [0.4, 0.5) is 0 Å². The quantitative estimate of drug-likeness (QED) is 0.440. The molecule has 0 aliphatic heterocycles. The van der Waals surface area contributed by atoms with Gasteiger partial charge in [0.1, 0.15) is 17.6 Å². The number of carbonyl (C=O) groups is 2. The molecule has 6 heteroatoms. The van der Waals surface area contributed by atoms with Crippen LogP contribution in [0.3, 0.4) is 0 Å². The van der Waals surface area contributed by atoms with Crippen LogP contribution in [-0.4, -0.2) is 19.0 Å². The molecule has 150 valence electrons. The molecule has 0 heterocycles. The van der Waals surface area contributed by atoms with Crippen LogP contribution < -0.4 is 18.9 Å². The van der Waals surface area contributed by atoms with Crippen LogP contribution in [0.15, 0.2) is 54.6 Å². The maximum absolute atomic E-state index is 11.6. The summed E-state index contributed by atoms with van der Waals surface area (Å²) in [5.74, 6) is 0.462. The van der Waals surface area contributed by atoms with Gasteiger partial charge in [-0.2, -0.15) is 0 Å². The topological polar surface area (TPSA) is 71.1 Å². The summed E-state index contributed by atoms with van der Waals surface area (Å²) in [6, 6.07) is 16.6. The molecular weight excluding hydrogens is 372 g/mol. The molecule has 3 aromatic rings. The molecule has 1 unspecified atom stereocenters. The van der Waals surface area contributed by atoms with Crippen molar-refractivity contribution in [3.8, 4) is 23.0 Å². The second-order valence-electron chi connectivity index (χ2n) is 6.47. The Hall–Kier alpha value is -3.54. The Morgan fingerprint density at radius 2 is 1.52 bits per heavy atom. The minimum Gasteiger partial charge on any atom is -0.493 e. The molecule has 0 N–H and O–H groups in total. The number of esters is 2. The average molecular weight is 394 g/mol. The van der Waals surface area contributed by atoms with Crippen molar-refractivity contribution in [2.45, 2.75) is 26.9 Å². The number of carbonyl (C=O) groups excluding carboxylic acids is 2. The third kappa shape index (κ3) is 4.66. The smallest absolute Gasteiger partial charge is 0.308 e. The van der Waals surface area contributed by atoms with Crippen LogP contribution in [0, 0.1) is 0 Å². The predicted octanol–water partition coefficient (Wildman–Crippen LogP) is 4.84. The van der Waals surface area contributed by atoms with Crippen molar-refractivity contribution in [2.24, 2.45) is 0 Å². The zero-order valence-corrected chi connectivity index (χ0v) is 16.7. The summed E-state index contributed by atoms with van der Waals surface area (Å²) in [6.45, 7) is 4.57. The van der Waals surface area contributed by atoms with Crippen LogP contribution in [0.5, 0.6) is 23.0 Å². The van der Waals surface area contributed by atoms with Gasteiger partial charge in [-0.05, 0) is 30.7 Å². The molecule has 0 aliphatic carbocycles. The fraction of sp³-hybridized carbons (Fsp3) is 0.217. The Labute approximate surface area is 169 Å². The van der Waals surface area contributed by atoms with Crippen LogP contribution in [0.1, 0.15) is 32.4 Å². The first-order valence-corrected chi connectivity index (χ1v) is 9.12. The highest BCUT2D eigenvalue weighted by Gasteiger charge is 2.19. The zero-order chi connectivity index (χ0) is 21.0. The lowest BCUT2D eigenvalue weighted by Gasteiger charge is -2.18. The average Bonchev–Trinajstić information content (AvgIpc) is 2.69. The van der Waals surface area contributed by atoms with Gasteiger partial charge in [-0.1, -0.05) is 30.3 Å². The van der Waals surface area contributed by atoms with Crippen molar-refractivity contribution in [2.75, 3.05) is 7.11 Å². The van der Waals surface area contributed by atoms with E-state index >= 15 is 0 Å². The van der Waals surface area contributed by atoms with E-state index in [1.54, 1.807) is 18.2 Å². The van der Waals surface area contributed by atoms with Crippen molar-refractivity contribution >= 4 is 22.7 Å². The van der Waals surface area contributed by atoms with E-state index in [0.29, 0.717) is 16.5 Å². The van der Waals surface area contributed by atoms with Gasteiger partial charge in [-0.25, -0.2) is 0 Å². The summed E-state index contributed by atoms with van der Waals surface area (Å²) in [5.41, 5.74) is 1.03. The molecule has 0 bridgehead atoms. The standard InChI is InChI=1S/C23H22O6/c1-14(17-8-6-5-7-9-17)27-18-10-11-19-20(12-18)21(28-15(2)24)13-22(26-4)23(19)29-16(3)25/h5-14H,1-4H3. The molecule has 0 fully saturated rings. The molecule has 0 aromatic heterocycles. The zero-order valence-electron chi connectivity index (χ0n) is 16.7. The summed E-state index contributed by atoms with van der Waals surface area (Å²) >= 11 is 0. The third-order valence-corrected chi connectivity index (χ3v) is 4.29. The Kier molecular flexibility index (Phi) is 6.02. The van der Waals surface area contributed by atoms with Crippen LogP contribution in [-0.2, 0) is 9.59 Å². The number of ether oxygens (including phenoxy) is 4. The highest BCUT2D eigenvalue weighted by molar-refractivity contribution is 5.98. The van der Waals surface area contributed by atoms with Gasteiger partial charge in [0, 0.05) is 30.7 Å². The molecular formula is C23H22O6. The fourth-order valence-electron chi connectivity index (χ4n) is 3.03. The molecule has 0 saturated carbocycles. The van der Waals surface area contributed by atoms with Crippen molar-refractivity contribution < 1.29 is 28.5 Å². The van der Waals surface area contributed by atoms with Crippen LogP contribution in [0.2, 0.25) is 0 Å². The van der Waals surface area contributed by atoms with Gasteiger partial charge in [0.05, 0.1) is 7.11 Å². The van der Waals surface area contributed by atoms with Crippen molar-refractivity contribution in [3.63, 3.8) is 0 Å². The fourth-order valence-corrected chi connectivity index (χ4v) is 3.03. The van der Waals surface area contributed by atoms with Crippen LogP contribution in [0.25, 0.3) is 10.8 Å². The molecule has 6 nitrogen and oxygen atoms in total. The number of fused-ring (bicyclic) bond motifs is 1. The Balaban J connectivity index is 2.09. The van der Waals surface area contributed by atoms with E-state index in [0.717, 1.165) is 5.56 Å². The van der Waals surface area contributed by atoms with E-state index in [1.807, 2.05) is 37.3 Å². The number of hydrogen-bond acceptors (Lipinski definition) is 6. The maximum Gasteiger partial charge on any atom is 0.308 e. The summed E-state index contributed by atoms with van der Waals surface area (Å²) < 4.78 is 22.1. The van der Waals surface area contributed by atoms with Gasteiger partial charge in [0.15, 0.2) is 11.5 Å². The van der Waals surface area contributed by atoms with E-state index < -0.39 is 11.9 Å². The van der Waals surface area contributed by atoms with Crippen molar-refractivity contribution in [1.29, 1.82) is 0 Å². The lowest BCUT2D eigenvalue weighted by atomic mass is 10.1. The number of methoxy groups -OCH3 is 1. The lowest BCUT2D eigenvalue weighted by Crippen LogP contribution is -2.07. The highest BCUT2D eigenvalue weighted by Crippen LogP contribution is 2.43. The summed E-state index contributed by atoms with van der Waals surface area (Å²) in [4.78, 5) is 23.2. The lowest BCUT2D eigenvalue weighted by molar-refractivity contribution is -0.133. The highest BCUT2D eigenvalue weighted by atomic mass is 16.6. The second-order valence-corrected chi connectivity index (χ2v) is 6.47. The van der Waals surface area contributed by atoms with Crippen molar-refractivity contribution in [1.82, 2.24) is 0 Å². The monoisotopic (exact) mass is 394 g/mol. The second kappa shape index (κ2) is 8.65. The predicted molar refractivity (Wildman–Crippen MR) is 109 cm³/mol. The Morgan fingerprint density at radius 3 is 2.14 bits per heavy atom. The normalized spacial score (nSPS) is 11.6. The molecule has 29 heavy (non-hydrogen) atoms. The Morgan fingerprint density at radius 1 is 0.828 bits per heavy atom. The first kappa shape index (κ1) is 20.2. The Bertz CT molecular complexity index is 1040. The van der Waals surface area contributed by atoms with E-state index in [-0.39, 0.29) is 23.4 Å². The largest absolute Gasteiger partial charge is 0.493 e. The minimum atomic E-state index is -0.483. The van der Waals surface area contributed by atoms with Gasteiger partial charge in [0.25, 0.3) is 0 Å². The molecule has 0 saturated heterocycles. The molecule has 0 radical (unpaired) electrons. The first-order valence-electron chi connectivity index (χ1n) is 9.12. The van der Waals surface area contributed by atoms with Crippen LogP contribution >= 0.6 is 0 Å². The van der Waals surface area contributed by atoms with Gasteiger partial charge in [-0.3, -0.25) is 9.59 Å². The number of hydrogen-bond donors (Lipinski definition) is 0. The van der Waals surface area contributed by atoms with E-state index in [4.69, 9.17) is 18.9 Å². The maximum atomic E-state index is 11.6. The number of rotatable bonds is 6. The van der Waals surface area contributed by atoms with E-state index in [1.165, 1.54) is 27.0 Å². The molecule has 1 atom stereocenters. The summed E-state index contributed by atoms with van der Waals surface area (Å²) in [5, 5.41) is 1.13. The van der Waals surface area contributed by atoms with Gasteiger partial charge in [0.2, 0.25) is 0 Å². The van der Waals surface area contributed by atoms with E-state index in [9.17, 15) is 9.59 Å². The van der Waals surface area contributed by atoms with E-state index in [2.05, 4.69) is 0 Å². The molecule has 0 aliphatic rings. The first-order chi connectivity index (χ1) is 13.9. The summed E-state index contributed by atoms with van der Waals surface area (Å²) in [6.07, 6.45) is -0.183. The summed E-state index contributed by atoms with van der Waals surface area (Å²) in [7, 11) is 1.45. The molecule has 0 amide bonds. The minimum absolute atomic E-state index is 0.183. The SMILES string of the molecule is COc1cc(OC(C)=O)c2cc(OC(C)c3ccccc3)ccc2c1OC(C)=O. The molecule has 3 rings (SSSR count). The van der Waals surface area contributed by atoms with Gasteiger partial charge >= 0.3 is 11.9 Å². The molecule has 0 spiro atoms. The van der Waals surface area contributed by atoms with Gasteiger partial charge in [-0.15, -0.1) is 0 Å². The third-order valence-electron chi connectivity index (χ3n) is 4.29. The van der Waals surface area contributed by atoms with Gasteiger partial charge < -0.3 is 18.9 Å². The molecule has 3 aromatic carbocycles. The number of benzene rings is 3.